The van der Waals surface area contributed by atoms with E-state index in [9.17, 15) is 9.00 Å². The second-order valence-electron chi connectivity index (χ2n) is 10.5. The third kappa shape index (κ3) is 4.44. The highest BCUT2D eigenvalue weighted by atomic mass is 32.2. The van der Waals surface area contributed by atoms with Gasteiger partial charge < -0.3 is 9.88 Å². The maximum Gasteiger partial charge on any atom is 0.258 e. The number of anilines is 2. The molecule has 1 saturated carbocycles. The number of imidazole rings is 1. The van der Waals surface area contributed by atoms with Crippen LogP contribution in [0.5, 0.6) is 0 Å². The van der Waals surface area contributed by atoms with Gasteiger partial charge in [0.15, 0.2) is 0 Å². The van der Waals surface area contributed by atoms with Crippen molar-refractivity contribution in [2.75, 3.05) is 17.2 Å². The van der Waals surface area contributed by atoms with Gasteiger partial charge in [-0.1, -0.05) is 6.92 Å². The predicted molar refractivity (Wildman–Crippen MR) is 148 cm³/mol. The number of aryl methyl sites for hydroxylation is 2. The van der Waals surface area contributed by atoms with Gasteiger partial charge in [0.2, 0.25) is 5.95 Å². The summed E-state index contributed by atoms with van der Waals surface area (Å²) < 4.78 is 25.5. The number of nitrogens with one attached hydrogen (secondary N) is 3. The lowest BCUT2D eigenvalue weighted by molar-refractivity contribution is 0.102. The van der Waals surface area contributed by atoms with Crippen molar-refractivity contribution >= 4 is 38.4 Å². The Hall–Kier alpha value is -3.73. The van der Waals surface area contributed by atoms with Crippen LogP contribution in [0, 0.1) is 17.6 Å². The monoisotopic (exact) mass is 532 g/mol. The minimum Gasteiger partial charge on any atom is -0.370 e. The summed E-state index contributed by atoms with van der Waals surface area (Å²) in [4.78, 5) is 23.5. The molecule has 38 heavy (non-hydrogen) atoms. The van der Waals surface area contributed by atoms with Crippen LogP contribution in [0.25, 0.3) is 22.3 Å². The van der Waals surface area contributed by atoms with Crippen LogP contribution >= 0.6 is 0 Å². The van der Waals surface area contributed by atoms with E-state index in [1.807, 2.05) is 30.7 Å². The van der Waals surface area contributed by atoms with Crippen molar-refractivity contribution in [3.05, 3.63) is 47.8 Å². The van der Waals surface area contributed by atoms with Crippen molar-refractivity contribution < 1.29 is 9.00 Å². The summed E-state index contributed by atoms with van der Waals surface area (Å²) in [6.07, 6.45) is 5.34. The molecule has 1 fully saturated rings. The van der Waals surface area contributed by atoms with Gasteiger partial charge in [-0.15, -0.1) is 0 Å². The van der Waals surface area contributed by atoms with Crippen LogP contribution in [0.15, 0.2) is 41.4 Å². The average molecular weight is 533 g/mol. The Labute approximate surface area is 221 Å². The molecule has 6 rings (SSSR count). The Kier molecular flexibility index (Phi) is 5.97. The van der Waals surface area contributed by atoms with Gasteiger partial charge in [0, 0.05) is 41.5 Å². The molecule has 0 saturated heterocycles. The molecule has 1 amide bonds. The number of nitrogens with zero attached hydrogens (tertiary/aromatic N) is 5. The average Bonchev–Trinajstić information content (AvgIpc) is 3.61. The van der Waals surface area contributed by atoms with Crippen LogP contribution in [0.2, 0.25) is 0 Å². The number of hydrogen-bond acceptors (Lipinski definition) is 7. The number of carbonyl (C=O) groups is 1. The molecule has 2 bridgehead atoms. The smallest absolute Gasteiger partial charge is 0.258 e. The lowest BCUT2D eigenvalue weighted by Gasteiger charge is -2.16. The molecule has 3 N–H and O–H groups in total. The van der Waals surface area contributed by atoms with Crippen LogP contribution in [0.4, 0.5) is 11.8 Å². The Morgan fingerprint density at radius 2 is 1.95 bits per heavy atom. The van der Waals surface area contributed by atoms with E-state index in [-0.39, 0.29) is 11.2 Å². The largest absolute Gasteiger partial charge is 0.370 e. The number of amides is 1. The lowest BCUT2D eigenvalue weighted by Crippen LogP contribution is -2.18. The molecule has 2 aliphatic rings. The van der Waals surface area contributed by atoms with Crippen molar-refractivity contribution in [1.82, 2.24) is 24.3 Å². The number of aromatic nitrogens is 5. The zero-order chi connectivity index (χ0) is 26.6. The maximum atomic E-state index is 13.5. The van der Waals surface area contributed by atoms with Crippen LogP contribution < -0.4 is 10.6 Å². The summed E-state index contributed by atoms with van der Waals surface area (Å²) in [7, 11) is -0.963. The Morgan fingerprint density at radius 3 is 2.74 bits per heavy atom. The number of fused-ring (bicyclic) bond motifs is 7. The highest BCUT2D eigenvalue weighted by Gasteiger charge is 2.34. The van der Waals surface area contributed by atoms with E-state index in [4.69, 9.17) is 9.76 Å². The maximum absolute atomic E-state index is 13.5. The molecule has 1 aromatic carbocycles. The molecule has 0 spiro atoms. The zero-order valence-electron chi connectivity index (χ0n) is 21.8. The van der Waals surface area contributed by atoms with Crippen molar-refractivity contribution in [1.29, 1.82) is 4.78 Å². The Morgan fingerprint density at radius 1 is 1.13 bits per heavy atom. The molecular weight excluding hydrogens is 500 g/mol. The van der Waals surface area contributed by atoms with Crippen LogP contribution in [-0.4, -0.2) is 46.2 Å². The Balaban J connectivity index is 1.45. The van der Waals surface area contributed by atoms with Gasteiger partial charge in [0.25, 0.3) is 5.91 Å². The molecule has 1 aliphatic carbocycles. The first-order valence-electron chi connectivity index (χ1n) is 13.0. The number of pyridine rings is 1. The number of carbonyl (C=O) groups excluding carboxylic acids is 1. The molecule has 1 unspecified atom stereocenters. The van der Waals surface area contributed by atoms with Gasteiger partial charge in [-0.25, -0.2) is 14.0 Å². The van der Waals surface area contributed by atoms with E-state index >= 15 is 0 Å². The topological polar surface area (TPSA) is 131 Å². The first-order chi connectivity index (χ1) is 18.2. The molecular formula is C27H32N8O2S. The number of benzene rings is 1. The van der Waals surface area contributed by atoms with E-state index in [1.54, 1.807) is 29.1 Å². The summed E-state index contributed by atoms with van der Waals surface area (Å²) >= 11 is 0. The molecule has 11 heteroatoms. The van der Waals surface area contributed by atoms with Gasteiger partial charge in [-0.3, -0.25) is 19.8 Å². The first-order valence-corrected chi connectivity index (χ1v) is 14.7. The highest BCUT2D eigenvalue weighted by molar-refractivity contribution is 7.93. The fraction of sp³-hybridized carbons (Fsp3) is 0.407. The number of rotatable bonds is 2. The van der Waals surface area contributed by atoms with Crippen LogP contribution in [0.3, 0.4) is 0 Å². The summed E-state index contributed by atoms with van der Waals surface area (Å²) in [6.45, 7) is 5.46. The van der Waals surface area contributed by atoms with Gasteiger partial charge in [-0.2, -0.15) is 5.10 Å². The molecule has 198 valence electrons. The quantitative estimate of drug-likeness (QED) is 0.340. The van der Waals surface area contributed by atoms with Crippen molar-refractivity contribution in [3.8, 4) is 11.3 Å². The summed E-state index contributed by atoms with van der Waals surface area (Å²) in [6, 6.07) is 8.96. The summed E-state index contributed by atoms with van der Waals surface area (Å²) in [5, 5.41) is 10.9. The molecule has 4 heterocycles. The second-order valence-corrected chi connectivity index (χ2v) is 12.9. The van der Waals surface area contributed by atoms with Crippen LogP contribution in [-0.2, 0) is 23.3 Å². The molecule has 1 aliphatic heterocycles. The third-order valence-electron chi connectivity index (χ3n) is 7.38. The lowest BCUT2D eigenvalue weighted by atomic mass is 10.1. The fourth-order valence-corrected chi connectivity index (χ4v) is 6.91. The Bertz CT molecular complexity index is 1670. The van der Waals surface area contributed by atoms with E-state index in [0.29, 0.717) is 40.1 Å². The standard InChI is InChI=1S/C27H32N8O2S/c1-16-5-4-10-29-25-21(14-30-34(25)3)23-12-18(11-17(2)31-23)26(36)33-27-32-22-9-8-20(13-24(22)35(27)15-16)38(28,37)19-6-7-19/h8-9,11-14,16,19,28-29H,4-7,10,15H2,1-3H3,(H,32,33,36)/t16-,38?/m1/s1. The summed E-state index contributed by atoms with van der Waals surface area (Å²) in [5.74, 6) is 1.33. The van der Waals surface area contributed by atoms with E-state index in [0.717, 1.165) is 54.8 Å². The molecule has 10 nitrogen and oxygen atoms in total. The van der Waals surface area contributed by atoms with Gasteiger partial charge in [0.05, 0.1) is 38.2 Å². The molecule has 2 atom stereocenters. The second kappa shape index (κ2) is 9.23. The normalized spacial score (nSPS) is 19.9. The SMILES string of the molecule is Cc1cc2cc(n1)-c1cnn(C)c1NCCC[C@@H](C)Cn1c(nc3ccc(S(=N)(=O)C4CC4)cc31)NC2=O. The summed E-state index contributed by atoms with van der Waals surface area (Å²) in [5.41, 5.74) is 4.23. The third-order valence-corrected chi connectivity index (χ3v) is 9.74. The van der Waals surface area contributed by atoms with Gasteiger partial charge in [0.1, 0.15) is 5.82 Å². The highest BCUT2D eigenvalue weighted by Crippen LogP contribution is 2.36. The van der Waals surface area contributed by atoms with Gasteiger partial charge in [-0.05, 0) is 68.9 Å². The van der Waals surface area contributed by atoms with Crippen molar-refractivity contribution in [2.24, 2.45) is 13.0 Å². The predicted octanol–water partition coefficient (Wildman–Crippen LogP) is 4.80. The molecule has 3 aromatic heterocycles. The van der Waals surface area contributed by atoms with E-state index < -0.39 is 9.73 Å². The molecule has 4 aromatic rings. The zero-order valence-corrected chi connectivity index (χ0v) is 22.6. The van der Waals surface area contributed by atoms with Crippen LogP contribution in [0.1, 0.15) is 48.7 Å². The van der Waals surface area contributed by atoms with Crippen molar-refractivity contribution in [2.45, 2.75) is 56.2 Å². The van der Waals surface area contributed by atoms with E-state index in [2.05, 4.69) is 27.6 Å². The minimum atomic E-state index is -2.85. The van der Waals surface area contributed by atoms with Gasteiger partial charge >= 0.3 is 0 Å². The van der Waals surface area contributed by atoms with E-state index in [1.165, 1.54) is 0 Å². The molecule has 0 radical (unpaired) electrons. The first kappa shape index (κ1) is 24.6. The minimum absolute atomic E-state index is 0.0696. The number of hydrogen-bond donors (Lipinski definition) is 3. The van der Waals surface area contributed by atoms with Crippen molar-refractivity contribution in [3.63, 3.8) is 0 Å². The fourth-order valence-electron chi connectivity index (χ4n) is 5.17.